The minimum absolute atomic E-state index is 0.0690. The Morgan fingerprint density at radius 1 is 1.73 bits per heavy atom. The molecule has 1 heterocycles. The summed E-state index contributed by atoms with van der Waals surface area (Å²) in [5.74, 6) is 0. The van der Waals surface area contributed by atoms with Crippen molar-refractivity contribution in [2.45, 2.75) is 25.9 Å². The summed E-state index contributed by atoms with van der Waals surface area (Å²) in [6.07, 6.45) is 0. The normalized spacial score (nSPS) is 29.4. The molecule has 1 aliphatic rings. The van der Waals surface area contributed by atoms with Gasteiger partial charge in [-0.3, -0.25) is 4.90 Å². The molecule has 0 aromatic heterocycles. The summed E-state index contributed by atoms with van der Waals surface area (Å²) in [6, 6.07) is 2.85. The van der Waals surface area contributed by atoms with E-state index in [-0.39, 0.29) is 6.04 Å². The van der Waals surface area contributed by atoms with Crippen LogP contribution in [0.25, 0.3) is 0 Å². The van der Waals surface area contributed by atoms with Gasteiger partial charge in [-0.15, -0.1) is 0 Å². The van der Waals surface area contributed by atoms with Gasteiger partial charge in [-0.25, -0.2) is 0 Å². The van der Waals surface area contributed by atoms with Crippen molar-refractivity contribution in [1.29, 1.82) is 5.26 Å². The van der Waals surface area contributed by atoms with Crippen LogP contribution in [-0.4, -0.2) is 36.6 Å². The van der Waals surface area contributed by atoms with E-state index in [2.05, 4.69) is 23.2 Å². The Labute approximate surface area is 68.0 Å². The second kappa shape index (κ2) is 3.70. The second-order valence-electron chi connectivity index (χ2n) is 3.16. The zero-order valence-corrected chi connectivity index (χ0v) is 7.17. The van der Waals surface area contributed by atoms with E-state index in [1.165, 1.54) is 0 Å². The van der Waals surface area contributed by atoms with Crippen LogP contribution in [0.3, 0.4) is 0 Å². The topological polar surface area (TPSA) is 39.1 Å². The molecule has 1 saturated heterocycles. The lowest BCUT2D eigenvalue weighted by Gasteiger charge is -2.33. The maximum atomic E-state index is 8.66. The van der Waals surface area contributed by atoms with Gasteiger partial charge in [0.05, 0.1) is 12.1 Å². The van der Waals surface area contributed by atoms with Crippen molar-refractivity contribution in [2.24, 2.45) is 0 Å². The third-order valence-corrected chi connectivity index (χ3v) is 2.13. The molecule has 1 fully saturated rings. The first kappa shape index (κ1) is 8.51. The molecule has 3 nitrogen and oxygen atoms in total. The van der Waals surface area contributed by atoms with Crippen LogP contribution in [0.1, 0.15) is 13.8 Å². The Kier molecular flexibility index (Phi) is 2.86. The van der Waals surface area contributed by atoms with Crippen LogP contribution in [0, 0.1) is 11.3 Å². The van der Waals surface area contributed by atoms with Gasteiger partial charge in [0.1, 0.15) is 0 Å². The largest absolute Gasteiger partial charge is 0.312 e. The molecule has 0 saturated carbocycles. The predicted molar refractivity (Wildman–Crippen MR) is 44.1 cm³/mol. The molecule has 11 heavy (non-hydrogen) atoms. The highest BCUT2D eigenvalue weighted by atomic mass is 15.2. The third kappa shape index (κ3) is 2.18. The van der Waals surface area contributed by atoms with Gasteiger partial charge in [0.15, 0.2) is 0 Å². The van der Waals surface area contributed by atoms with Gasteiger partial charge in [0, 0.05) is 25.7 Å². The van der Waals surface area contributed by atoms with E-state index >= 15 is 0 Å². The van der Waals surface area contributed by atoms with E-state index in [0.29, 0.717) is 6.04 Å². The third-order valence-electron chi connectivity index (χ3n) is 2.13. The average molecular weight is 153 g/mol. The summed E-state index contributed by atoms with van der Waals surface area (Å²) in [7, 11) is 0. The van der Waals surface area contributed by atoms with Gasteiger partial charge in [-0.05, 0) is 13.8 Å². The molecule has 1 unspecified atom stereocenters. The molecular weight excluding hydrogens is 138 g/mol. The van der Waals surface area contributed by atoms with Crippen molar-refractivity contribution in [3.63, 3.8) is 0 Å². The molecule has 0 bridgehead atoms. The van der Waals surface area contributed by atoms with Gasteiger partial charge in [-0.2, -0.15) is 5.26 Å². The Bertz CT molecular complexity index is 161. The molecule has 2 atom stereocenters. The maximum absolute atomic E-state index is 8.66. The van der Waals surface area contributed by atoms with Crippen LogP contribution in [0.2, 0.25) is 0 Å². The van der Waals surface area contributed by atoms with E-state index in [4.69, 9.17) is 5.26 Å². The van der Waals surface area contributed by atoms with E-state index < -0.39 is 0 Å². The quantitative estimate of drug-likeness (QED) is 0.584. The van der Waals surface area contributed by atoms with Crippen molar-refractivity contribution in [3.8, 4) is 6.07 Å². The molecule has 0 spiro atoms. The highest BCUT2D eigenvalue weighted by Gasteiger charge is 2.19. The Morgan fingerprint density at radius 2 is 2.45 bits per heavy atom. The smallest absolute Gasteiger partial charge is 0.0950 e. The number of nitrogens with zero attached hydrogens (tertiary/aromatic N) is 2. The summed E-state index contributed by atoms with van der Waals surface area (Å²) in [4.78, 5) is 2.21. The first-order valence-electron chi connectivity index (χ1n) is 4.11. The van der Waals surface area contributed by atoms with Crippen LogP contribution in [-0.2, 0) is 0 Å². The fourth-order valence-corrected chi connectivity index (χ4v) is 1.40. The predicted octanol–water partition coefficient (Wildman–Crippen LogP) is 0.192. The van der Waals surface area contributed by atoms with Crippen molar-refractivity contribution in [2.75, 3.05) is 19.6 Å². The summed E-state index contributed by atoms with van der Waals surface area (Å²) in [5, 5.41) is 12.0. The minimum Gasteiger partial charge on any atom is -0.312 e. The van der Waals surface area contributed by atoms with Gasteiger partial charge < -0.3 is 5.32 Å². The maximum Gasteiger partial charge on any atom is 0.0950 e. The highest BCUT2D eigenvalue weighted by molar-refractivity contribution is 4.91. The van der Waals surface area contributed by atoms with Crippen LogP contribution < -0.4 is 5.32 Å². The van der Waals surface area contributed by atoms with Gasteiger partial charge in [0.2, 0.25) is 0 Å². The monoisotopic (exact) mass is 153 g/mol. The molecule has 0 radical (unpaired) electrons. The first-order chi connectivity index (χ1) is 5.24. The molecule has 0 amide bonds. The van der Waals surface area contributed by atoms with E-state index in [0.717, 1.165) is 19.6 Å². The Balaban J connectivity index is 2.40. The van der Waals surface area contributed by atoms with Crippen molar-refractivity contribution in [3.05, 3.63) is 0 Å². The molecule has 3 heteroatoms. The zero-order valence-electron chi connectivity index (χ0n) is 7.17. The molecular formula is C8H15N3. The van der Waals surface area contributed by atoms with Crippen LogP contribution >= 0.6 is 0 Å². The highest BCUT2D eigenvalue weighted by Crippen LogP contribution is 2.02. The Morgan fingerprint density at radius 3 is 3.00 bits per heavy atom. The molecule has 0 aliphatic carbocycles. The lowest BCUT2D eigenvalue weighted by Crippen LogP contribution is -2.51. The number of piperazine rings is 1. The number of hydrogen-bond acceptors (Lipinski definition) is 3. The lowest BCUT2D eigenvalue weighted by molar-refractivity contribution is 0.185. The molecule has 62 valence electrons. The number of nitrogens with one attached hydrogen (secondary N) is 1. The molecule has 1 N–H and O–H groups in total. The van der Waals surface area contributed by atoms with Crippen LogP contribution in [0.4, 0.5) is 0 Å². The van der Waals surface area contributed by atoms with E-state index in [1.807, 2.05) is 6.92 Å². The molecule has 1 aliphatic heterocycles. The lowest BCUT2D eigenvalue weighted by atomic mass is 10.2. The zero-order chi connectivity index (χ0) is 8.27. The number of hydrogen-bond donors (Lipinski definition) is 1. The summed E-state index contributed by atoms with van der Waals surface area (Å²) in [6.45, 7) is 7.11. The molecule has 1 rings (SSSR count). The summed E-state index contributed by atoms with van der Waals surface area (Å²) >= 11 is 0. The van der Waals surface area contributed by atoms with Gasteiger partial charge in [0.25, 0.3) is 0 Å². The second-order valence-corrected chi connectivity index (χ2v) is 3.16. The minimum atomic E-state index is 0.0690. The number of rotatable bonds is 1. The van der Waals surface area contributed by atoms with E-state index in [1.54, 1.807) is 0 Å². The standard InChI is InChI=1S/C8H15N3/c1-7-6-11(4-3-10-7)8(2)5-9/h7-8,10H,3-4,6H2,1-2H3/t7-,8?/m0/s1. The first-order valence-corrected chi connectivity index (χ1v) is 4.11. The fraction of sp³-hybridized carbons (Fsp3) is 0.875. The van der Waals surface area contributed by atoms with Crippen LogP contribution in [0.5, 0.6) is 0 Å². The van der Waals surface area contributed by atoms with Crippen molar-refractivity contribution < 1.29 is 0 Å². The number of nitriles is 1. The summed E-state index contributed by atoms with van der Waals surface area (Å²) < 4.78 is 0. The van der Waals surface area contributed by atoms with Gasteiger partial charge in [-0.1, -0.05) is 0 Å². The van der Waals surface area contributed by atoms with Crippen molar-refractivity contribution >= 4 is 0 Å². The van der Waals surface area contributed by atoms with Gasteiger partial charge >= 0.3 is 0 Å². The fourth-order valence-electron chi connectivity index (χ4n) is 1.40. The van der Waals surface area contributed by atoms with Crippen LogP contribution in [0.15, 0.2) is 0 Å². The Hall–Kier alpha value is -0.590. The molecule has 0 aromatic carbocycles. The van der Waals surface area contributed by atoms with E-state index in [9.17, 15) is 0 Å². The molecule has 0 aromatic rings. The average Bonchev–Trinajstić information content (AvgIpc) is 2.03. The summed E-state index contributed by atoms with van der Waals surface area (Å²) in [5.41, 5.74) is 0. The van der Waals surface area contributed by atoms with Crippen molar-refractivity contribution in [1.82, 2.24) is 10.2 Å². The SMILES string of the molecule is CC(C#N)N1CCN[C@@H](C)C1.